The summed E-state index contributed by atoms with van der Waals surface area (Å²) < 4.78 is 29.0. The van der Waals surface area contributed by atoms with Gasteiger partial charge in [-0.1, -0.05) is 60.2 Å². The number of benzene rings is 3. The van der Waals surface area contributed by atoms with Gasteiger partial charge in [0, 0.05) is 18.7 Å². The molecular weight excluding hydrogens is 450 g/mol. The molecule has 0 aliphatic carbocycles. The summed E-state index contributed by atoms with van der Waals surface area (Å²) in [6.45, 7) is 2.28. The second-order valence-corrected chi connectivity index (χ2v) is 10.1. The number of hydrogen-bond acceptors (Lipinski definition) is 4. The molecule has 0 aromatic heterocycles. The monoisotopic (exact) mass is 477 g/mol. The molecule has 4 rings (SSSR count). The third kappa shape index (κ3) is 5.89. The van der Waals surface area contributed by atoms with Gasteiger partial charge in [0.2, 0.25) is 21.8 Å². The summed E-state index contributed by atoms with van der Waals surface area (Å²) in [5.74, 6) is -0.493. The van der Waals surface area contributed by atoms with Crippen LogP contribution >= 0.6 is 0 Å². The number of carbonyl (C=O) groups excluding carboxylic acids is 2. The van der Waals surface area contributed by atoms with Gasteiger partial charge in [0.05, 0.1) is 4.90 Å². The minimum Gasteiger partial charge on any atom is -0.351 e. The van der Waals surface area contributed by atoms with E-state index in [1.807, 2.05) is 61.5 Å². The molecule has 0 unspecified atom stereocenters. The Morgan fingerprint density at radius 2 is 1.71 bits per heavy atom. The van der Waals surface area contributed by atoms with Gasteiger partial charge >= 0.3 is 0 Å². The van der Waals surface area contributed by atoms with Crippen LogP contribution in [0.5, 0.6) is 0 Å². The van der Waals surface area contributed by atoms with E-state index < -0.39 is 22.0 Å². The second-order valence-electron chi connectivity index (χ2n) is 8.43. The molecule has 1 aliphatic rings. The molecule has 0 saturated carbocycles. The Kier molecular flexibility index (Phi) is 7.09. The van der Waals surface area contributed by atoms with E-state index in [4.69, 9.17) is 0 Å². The summed E-state index contributed by atoms with van der Waals surface area (Å²) in [7, 11) is -3.98. The molecule has 0 fully saturated rings. The number of amides is 2. The third-order valence-corrected chi connectivity index (χ3v) is 7.24. The van der Waals surface area contributed by atoms with Crippen LogP contribution in [0.3, 0.4) is 0 Å². The lowest BCUT2D eigenvalue weighted by atomic mass is 10.0. The van der Waals surface area contributed by atoms with Crippen molar-refractivity contribution in [1.29, 1.82) is 0 Å². The maximum atomic E-state index is 13.2. The van der Waals surface area contributed by atoms with Crippen LogP contribution < -0.4 is 15.4 Å². The van der Waals surface area contributed by atoms with Gasteiger partial charge in [-0.3, -0.25) is 9.59 Å². The highest BCUT2D eigenvalue weighted by Gasteiger charge is 2.27. The summed E-state index contributed by atoms with van der Waals surface area (Å²) in [6.07, 6.45) is 0.984. The smallest absolute Gasteiger partial charge is 0.241 e. The number of aryl methyl sites for hydroxylation is 2. The van der Waals surface area contributed by atoms with Crippen LogP contribution in [0.1, 0.15) is 28.7 Å². The lowest BCUT2D eigenvalue weighted by Gasteiger charge is -2.21. The van der Waals surface area contributed by atoms with Crippen molar-refractivity contribution < 1.29 is 18.0 Å². The van der Waals surface area contributed by atoms with Crippen molar-refractivity contribution in [2.24, 2.45) is 0 Å². The Bertz CT molecular complexity index is 1290. The number of carbonyl (C=O) groups is 2. The van der Waals surface area contributed by atoms with Crippen molar-refractivity contribution in [3.8, 4) is 0 Å². The second kappa shape index (κ2) is 10.2. The summed E-state index contributed by atoms with van der Waals surface area (Å²) in [5, 5.41) is 5.60. The SMILES string of the molecule is Cc1ccc(CNC(=O)[C@H](Cc2ccccc2)NS(=O)(=O)c2ccc3c(c2)CCC(=O)N3)cc1. The zero-order valence-corrected chi connectivity index (χ0v) is 19.7. The Hall–Kier alpha value is -3.49. The average molecular weight is 478 g/mol. The Labute approximate surface area is 199 Å². The molecule has 34 heavy (non-hydrogen) atoms. The molecule has 0 saturated heterocycles. The van der Waals surface area contributed by atoms with Gasteiger partial charge in [0.15, 0.2) is 0 Å². The van der Waals surface area contributed by atoms with Crippen molar-refractivity contribution >= 4 is 27.5 Å². The maximum absolute atomic E-state index is 13.2. The number of anilines is 1. The van der Waals surface area contributed by atoms with E-state index >= 15 is 0 Å². The lowest BCUT2D eigenvalue weighted by Crippen LogP contribution is -2.47. The number of fused-ring (bicyclic) bond motifs is 1. The van der Waals surface area contributed by atoms with Gasteiger partial charge in [-0.15, -0.1) is 0 Å². The Morgan fingerprint density at radius 1 is 0.971 bits per heavy atom. The quantitative estimate of drug-likeness (QED) is 0.464. The zero-order chi connectivity index (χ0) is 24.1. The molecule has 8 heteroatoms. The number of rotatable bonds is 8. The van der Waals surface area contributed by atoms with Crippen LogP contribution in [-0.4, -0.2) is 26.3 Å². The van der Waals surface area contributed by atoms with E-state index in [1.165, 1.54) is 6.07 Å². The maximum Gasteiger partial charge on any atom is 0.241 e. The largest absolute Gasteiger partial charge is 0.351 e. The van der Waals surface area contributed by atoms with Gasteiger partial charge < -0.3 is 10.6 Å². The summed E-state index contributed by atoms with van der Waals surface area (Å²) in [6, 6.07) is 20.7. The minimum atomic E-state index is -3.98. The zero-order valence-electron chi connectivity index (χ0n) is 18.9. The highest BCUT2D eigenvalue weighted by Crippen LogP contribution is 2.25. The van der Waals surface area contributed by atoms with Crippen LogP contribution in [0.2, 0.25) is 0 Å². The first-order valence-electron chi connectivity index (χ1n) is 11.1. The predicted molar refractivity (Wildman–Crippen MR) is 131 cm³/mol. The molecule has 1 atom stereocenters. The van der Waals surface area contributed by atoms with Crippen LogP contribution in [0.25, 0.3) is 0 Å². The standard InChI is InChI=1S/C26H27N3O4S/c1-18-7-9-20(10-8-18)17-27-26(31)24(15-19-5-3-2-4-6-19)29-34(32,33)22-12-13-23-21(16-22)11-14-25(30)28-23/h2-10,12-13,16,24,29H,11,14-15,17H2,1H3,(H,27,31)(H,28,30)/t24-/m0/s1. The molecule has 0 bridgehead atoms. The lowest BCUT2D eigenvalue weighted by molar-refractivity contribution is -0.123. The molecule has 0 spiro atoms. The molecule has 7 nitrogen and oxygen atoms in total. The fourth-order valence-electron chi connectivity index (χ4n) is 3.84. The molecule has 1 aliphatic heterocycles. The first kappa shape index (κ1) is 23.7. The molecular formula is C26H27N3O4S. The highest BCUT2D eigenvalue weighted by molar-refractivity contribution is 7.89. The van der Waals surface area contributed by atoms with Crippen LogP contribution in [-0.2, 0) is 39.0 Å². The van der Waals surface area contributed by atoms with Crippen LogP contribution in [0.4, 0.5) is 5.69 Å². The van der Waals surface area contributed by atoms with E-state index in [0.717, 1.165) is 22.3 Å². The minimum absolute atomic E-state index is 0.0618. The fourth-order valence-corrected chi connectivity index (χ4v) is 5.08. The molecule has 0 radical (unpaired) electrons. The van der Waals surface area contributed by atoms with Gasteiger partial charge in [-0.05, 0) is 54.7 Å². The average Bonchev–Trinajstić information content (AvgIpc) is 2.83. The summed E-state index contributed by atoms with van der Waals surface area (Å²) in [4.78, 5) is 24.7. The Balaban J connectivity index is 1.53. The van der Waals surface area contributed by atoms with Gasteiger partial charge in [0.25, 0.3) is 0 Å². The van der Waals surface area contributed by atoms with Crippen molar-refractivity contribution in [2.45, 2.75) is 43.7 Å². The first-order valence-corrected chi connectivity index (χ1v) is 12.6. The predicted octanol–water partition coefficient (Wildman–Crippen LogP) is 3.09. The van der Waals surface area contributed by atoms with Crippen molar-refractivity contribution in [1.82, 2.24) is 10.0 Å². The molecule has 1 heterocycles. The molecule has 3 aromatic rings. The molecule has 3 aromatic carbocycles. The third-order valence-electron chi connectivity index (χ3n) is 5.77. The highest BCUT2D eigenvalue weighted by atomic mass is 32.2. The van der Waals surface area contributed by atoms with Gasteiger partial charge in [0.1, 0.15) is 6.04 Å². The Morgan fingerprint density at radius 3 is 2.44 bits per heavy atom. The normalized spacial score (nSPS) is 14.1. The molecule has 3 N–H and O–H groups in total. The fraction of sp³-hybridized carbons (Fsp3) is 0.231. The first-order chi connectivity index (χ1) is 16.3. The molecule has 176 valence electrons. The van der Waals surface area contributed by atoms with Crippen LogP contribution in [0, 0.1) is 6.92 Å². The molecule has 2 amide bonds. The van der Waals surface area contributed by atoms with Crippen molar-refractivity contribution in [3.05, 3.63) is 95.1 Å². The van der Waals surface area contributed by atoms with E-state index in [9.17, 15) is 18.0 Å². The van der Waals surface area contributed by atoms with Crippen LogP contribution in [0.15, 0.2) is 77.7 Å². The van der Waals surface area contributed by atoms with E-state index in [0.29, 0.717) is 25.1 Å². The van der Waals surface area contributed by atoms with Gasteiger partial charge in [-0.25, -0.2) is 8.42 Å². The topological polar surface area (TPSA) is 104 Å². The summed E-state index contributed by atoms with van der Waals surface area (Å²) >= 11 is 0. The number of hydrogen-bond donors (Lipinski definition) is 3. The van der Waals surface area contributed by atoms with Gasteiger partial charge in [-0.2, -0.15) is 4.72 Å². The van der Waals surface area contributed by atoms with Crippen molar-refractivity contribution in [3.63, 3.8) is 0 Å². The van der Waals surface area contributed by atoms with E-state index in [-0.39, 0.29) is 17.2 Å². The van der Waals surface area contributed by atoms with E-state index in [2.05, 4.69) is 15.4 Å². The van der Waals surface area contributed by atoms with Crippen molar-refractivity contribution in [2.75, 3.05) is 5.32 Å². The summed E-state index contributed by atoms with van der Waals surface area (Å²) in [5.41, 5.74) is 4.26. The number of sulfonamides is 1. The van der Waals surface area contributed by atoms with E-state index in [1.54, 1.807) is 12.1 Å². The number of nitrogens with one attached hydrogen (secondary N) is 3.